The van der Waals surface area contributed by atoms with Crippen molar-refractivity contribution in [1.82, 2.24) is 24.2 Å². The second kappa shape index (κ2) is 7.18. The number of fused-ring (bicyclic) bond motifs is 1. The molecule has 0 amide bonds. The molecule has 0 unspecified atom stereocenters. The van der Waals surface area contributed by atoms with Gasteiger partial charge in [0.1, 0.15) is 0 Å². The number of nitrogens with zero attached hydrogens (tertiary/aromatic N) is 5. The third-order valence-electron chi connectivity index (χ3n) is 5.87. The van der Waals surface area contributed by atoms with Crippen molar-refractivity contribution in [2.75, 3.05) is 19.7 Å². The molecule has 1 aliphatic heterocycles. The molecule has 1 fully saturated rings. The highest BCUT2D eigenvalue weighted by Crippen LogP contribution is 2.30. The molecule has 8 heteroatoms. The van der Waals surface area contributed by atoms with E-state index in [1.165, 1.54) is 4.57 Å². The van der Waals surface area contributed by atoms with Crippen LogP contribution < -0.4 is 5.69 Å². The van der Waals surface area contributed by atoms with E-state index in [0.29, 0.717) is 18.4 Å². The van der Waals surface area contributed by atoms with Crippen molar-refractivity contribution in [3.63, 3.8) is 0 Å². The van der Waals surface area contributed by atoms with E-state index in [1.807, 2.05) is 45.0 Å². The molecule has 3 aromatic rings. The summed E-state index contributed by atoms with van der Waals surface area (Å²) in [6.45, 7) is 8.49. The van der Waals surface area contributed by atoms with E-state index in [-0.39, 0.29) is 23.8 Å². The zero-order valence-corrected chi connectivity index (χ0v) is 16.6. The molecular formula is C20H27N5O3. The molecule has 2 aromatic heterocycles. The number of likely N-dealkylation sites (tertiary alicyclic amines) is 1. The van der Waals surface area contributed by atoms with Gasteiger partial charge >= 0.3 is 5.69 Å². The molecule has 0 atom stereocenters. The fourth-order valence-electron chi connectivity index (χ4n) is 4.02. The standard InChI is InChI=1S/C20H27N5O3/c1-4-24-15-7-5-6-8-16(15)25(19(24)27)18-21-17(28-22-18)14-9-11-23(12-10-14)20(2,3)13-26/h5-8,14,26H,4,9-13H2,1-3H3. The van der Waals surface area contributed by atoms with Crippen molar-refractivity contribution in [3.05, 3.63) is 40.6 Å². The quantitative estimate of drug-likeness (QED) is 0.724. The maximum absolute atomic E-state index is 12.9. The summed E-state index contributed by atoms with van der Waals surface area (Å²) in [4.78, 5) is 19.7. The third-order valence-corrected chi connectivity index (χ3v) is 5.87. The zero-order valence-electron chi connectivity index (χ0n) is 16.6. The van der Waals surface area contributed by atoms with Gasteiger partial charge in [-0.2, -0.15) is 4.98 Å². The summed E-state index contributed by atoms with van der Waals surface area (Å²) in [6.07, 6.45) is 1.77. The maximum atomic E-state index is 12.9. The molecule has 0 radical (unpaired) electrons. The predicted octanol–water partition coefficient (Wildman–Crippen LogP) is 2.15. The molecule has 1 N–H and O–H groups in total. The van der Waals surface area contributed by atoms with Crippen LogP contribution in [0, 0.1) is 0 Å². The zero-order chi connectivity index (χ0) is 19.9. The smallest absolute Gasteiger partial charge is 0.336 e. The van der Waals surface area contributed by atoms with E-state index >= 15 is 0 Å². The van der Waals surface area contributed by atoms with Crippen LogP contribution >= 0.6 is 0 Å². The summed E-state index contributed by atoms with van der Waals surface area (Å²) in [5.41, 5.74) is 1.26. The molecule has 3 heterocycles. The highest BCUT2D eigenvalue weighted by molar-refractivity contribution is 5.77. The monoisotopic (exact) mass is 385 g/mol. The summed E-state index contributed by atoms with van der Waals surface area (Å²) in [6, 6.07) is 7.64. The summed E-state index contributed by atoms with van der Waals surface area (Å²) in [7, 11) is 0. The van der Waals surface area contributed by atoms with Gasteiger partial charge in [-0.05, 0) is 64.0 Å². The molecule has 4 rings (SSSR count). The first-order valence-corrected chi connectivity index (χ1v) is 9.86. The number of rotatable bonds is 5. The average molecular weight is 385 g/mol. The largest absolute Gasteiger partial charge is 0.394 e. The average Bonchev–Trinajstić information content (AvgIpc) is 3.29. The Bertz CT molecular complexity index is 1020. The molecule has 1 aromatic carbocycles. The van der Waals surface area contributed by atoms with Crippen LogP contribution in [0.5, 0.6) is 0 Å². The van der Waals surface area contributed by atoms with Crippen LogP contribution in [0.4, 0.5) is 0 Å². The van der Waals surface area contributed by atoms with Gasteiger partial charge in [0.15, 0.2) is 0 Å². The van der Waals surface area contributed by atoms with Gasteiger partial charge < -0.3 is 9.63 Å². The van der Waals surface area contributed by atoms with Gasteiger partial charge in [-0.15, -0.1) is 0 Å². The number of aliphatic hydroxyl groups is 1. The third kappa shape index (κ3) is 3.06. The topological polar surface area (TPSA) is 89.3 Å². The molecule has 1 aliphatic rings. The van der Waals surface area contributed by atoms with E-state index in [0.717, 1.165) is 37.0 Å². The molecular weight excluding hydrogens is 358 g/mol. The Balaban J connectivity index is 1.61. The molecule has 0 spiro atoms. The van der Waals surface area contributed by atoms with Crippen LogP contribution in [0.25, 0.3) is 17.0 Å². The van der Waals surface area contributed by atoms with Gasteiger partial charge in [0, 0.05) is 18.0 Å². The SMILES string of the molecule is CCn1c(=O)n(-c2noc(C3CCN(C(C)(C)CO)CC3)n2)c2ccccc21. The lowest BCUT2D eigenvalue weighted by Crippen LogP contribution is -2.50. The lowest BCUT2D eigenvalue weighted by molar-refractivity contribution is 0.0352. The summed E-state index contributed by atoms with van der Waals surface area (Å²) < 4.78 is 8.79. The van der Waals surface area contributed by atoms with Crippen LogP contribution in [0.1, 0.15) is 45.4 Å². The minimum Gasteiger partial charge on any atom is -0.394 e. The fraction of sp³-hybridized carbons (Fsp3) is 0.550. The fourth-order valence-corrected chi connectivity index (χ4v) is 4.02. The lowest BCUT2D eigenvalue weighted by Gasteiger charge is -2.41. The number of imidazole rings is 1. The van der Waals surface area contributed by atoms with E-state index in [1.54, 1.807) is 4.57 Å². The number of para-hydroxylation sites is 2. The van der Waals surface area contributed by atoms with Gasteiger partial charge in [0.05, 0.1) is 17.6 Å². The molecule has 150 valence electrons. The van der Waals surface area contributed by atoms with Crippen molar-refractivity contribution in [1.29, 1.82) is 0 Å². The second-order valence-corrected chi connectivity index (χ2v) is 8.02. The molecule has 0 saturated carbocycles. The molecule has 1 saturated heterocycles. The van der Waals surface area contributed by atoms with Crippen molar-refractivity contribution in [2.45, 2.75) is 51.6 Å². The Morgan fingerprint density at radius 3 is 2.54 bits per heavy atom. The number of aliphatic hydroxyl groups excluding tert-OH is 1. The second-order valence-electron chi connectivity index (χ2n) is 8.02. The van der Waals surface area contributed by atoms with E-state index in [9.17, 15) is 9.90 Å². The summed E-state index contributed by atoms with van der Waals surface area (Å²) in [5, 5.41) is 13.7. The highest BCUT2D eigenvalue weighted by atomic mass is 16.5. The van der Waals surface area contributed by atoms with Gasteiger partial charge in [0.25, 0.3) is 5.95 Å². The van der Waals surface area contributed by atoms with Crippen LogP contribution in [0.2, 0.25) is 0 Å². The number of hydrogen-bond acceptors (Lipinski definition) is 6. The Morgan fingerprint density at radius 1 is 1.21 bits per heavy atom. The summed E-state index contributed by atoms with van der Waals surface area (Å²) >= 11 is 0. The number of piperidine rings is 1. The van der Waals surface area contributed by atoms with E-state index < -0.39 is 0 Å². The first kappa shape index (κ1) is 18.9. The van der Waals surface area contributed by atoms with Crippen molar-refractivity contribution < 1.29 is 9.63 Å². The Kier molecular flexibility index (Phi) is 4.84. The number of hydrogen-bond donors (Lipinski definition) is 1. The van der Waals surface area contributed by atoms with E-state index in [4.69, 9.17) is 4.52 Å². The Morgan fingerprint density at radius 2 is 1.89 bits per heavy atom. The number of aromatic nitrogens is 4. The van der Waals surface area contributed by atoms with Crippen molar-refractivity contribution in [3.8, 4) is 5.95 Å². The lowest BCUT2D eigenvalue weighted by atomic mass is 9.92. The van der Waals surface area contributed by atoms with Crippen molar-refractivity contribution >= 4 is 11.0 Å². The van der Waals surface area contributed by atoms with Gasteiger partial charge in [-0.25, -0.2) is 9.36 Å². The number of benzene rings is 1. The Hall–Kier alpha value is -2.45. The van der Waals surface area contributed by atoms with E-state index in [2.05, 4.69) is 15.0 Å². The first-order valence-electron chi connectivity index (χ1n) is 9.86. The predicted molar refractivity (Wildman–Crippen MR) is 106 cm³/mol. The Labute approximate surface area is 163 Å². The molecule has 0 bridgehead atoms. The minimum atomic E-state index is -0.222. The maximum Gasteiger partial charge on any atom is 0.336 e. The number of aryl methyl sites for hydroxylation is 1. The van der Waals surface area contributed by atoms with Gasteiger partial charge in [-0.3, -0.25) is 9.47 Å². The highest BCUT2D eigenvalue weighted by Gasteiger charge is 2.32. The van der Waals surface area contributed by atoms with Crippen LogP contribution in [-0.4, -0.2) is 54.5 Å². The van der Waals surface area contributed by atoms with Gasteiger partial charge in [0.2, 0.25) is 5.89 Å². The summed E-state index contributed by atoms with van der Waals surface area (Å²) in [5.74, 6) is 1.04. The van der Waals surface area contributed by atoms with Crippen LogP contribution in [0.3, 0.4) is 0 Å². The molecule has 0 aliphatic carbocycles. The van der Waals surface area contributed by atoms with Crippen LogP contribution in [0.15, 0.2) is 33.6 Å². The van der Waals surface area contributed by atoms with Crippen molar-refractivity contribution in [2.24, 2.45) is 0 Å². The van der Waals surface area contributed by atoms with Gasteiger partial charge in [-0.1, -0.05) is 12.1 Å². The molecule has 28 heavy (non-hydrogen) atoms. The van der Waals surface area contributed by atoms with Crippen LogP contribution in [-0.2, 0) is 6.54 Å². The minimum absolute atomic E-state index is 0.132. The first-order chi connectivity index (χ1) is 13.5. The molecule has 8 nitrogen and oxygen atoms in total. The normalized spacial score (nSPS) is 16.9.